The monoisotopic (exact) mass is 514 g/mol. The van der Waals surface area contributed by atoms with Gasteiger partial charge < -0.3 is 15.2 Å². The van der Waals surface area contributed by atoms with Crippen LogP contribution in [0.3, 0.4) is 0 Å². The van der Waals surface area contributed by atoms with Gasteiger partial charge in [-0.1, -0.05) is 12.1 Å². The lowest BCUT2D eigenvalue weighted by Crippen LogP contribution is -2.36. The van der Waals surface area contributed by atoms with Gasteiger partial charge in [0.1, 0.15) is 11.1 Å². The Kier molecular flexibility index (Phi) is 7.38. The quantitative estimate of drug-likeness (QED) is 0.481. The van der Waals surface area contributed by atoms with Gasteiger partial charge in [-0.3, -0.25) is 19.3 Å². The standard InChI is InChI=1S/C22H21F3N2O7S/c1-3-33-15-8-11(5-7-14(15)34-22(24)25)16(35(2,31)32)10-27-20(29)18-12(9-17(26)28)4-6-13(23)19(18)21(27)30/h4-8,16,22H,3,9-10H2,1-2H3,(H2,26,28). The first-order chi connectivity index (χ1) is 16.3. The zero-order chi connectivity index (χ0) is 26.1. The molecule has 1 aliphatic rings. The zero-order valence-corrected chi connectivity index (χ0v) is 19.4. The molecule has 2 aromatic rings. The van der Waals surface area contributed by atoms with E-state index in [9.17, 15) is 36.0 Å². The summed E-state index contributed by atoms with van der Waals surface area (Å²) in [7, 11) is -4.00. The molecule has 0 saturated carbocycles. The Morgan fingerprint density at radius 2 is 1.74 bits per heavy atom. The number of sulfone groups is 1. The first kappa shape index (κ1) is 26.0. The lowest BCUT2D eigenvalue weighted by Gasteiger charge is -2.23. The predicted octanol–water partition coefficient (Wildman–Crippen LogP) is 2.24. The van der Waals surface area contributed by atoms with E-state index in [1.54, 1.807) is 6.92 Å². The van der Waals surface area contributed by atoms with Crippen molar-refractivity contribution in [2.45, 2.75) is 25.2 Å². The van der Waals surface area contributed by atoms with E-state index in [0.717, 1.165) is 30.5 Å². The van der Waals surface area contributed by atoms with Gasteiger partial charge in [-0.2, -0.15) is 8.78 Å². The fourth-order valence-electron chi connectivity index (χ4n) is 3.78. The molecule has 0 radical (unpaired) electrons. The van der Waals surface area contributed by atoms with Crippen molar-refractivity contribution in [3.63, 3.8) is 0 Å². The van der Waals surface area contributed by atoms with Gasteiger partial charge in [0, 0.05) is 6.26 Å². The molecule has 1 heterocycles. The smallest absolute Gasteiger partial charge is 0.387 e. The van der Waals surface area contributed by atoms with Crippen molar-refractivity contribution >= 4 is 27.6 Å². The van der Waals surface area contributed by atoms with Crippen LogP contribution in [-0.2, 0) is 21.1 Å². The van der Waals surface area contributed by atoms with Crippen LogP contribution in [0.4, 0.5) is 13.2 Å². The number of hydrogen-bond acceptors (Lipinski definition) is 7. The van der Waals surface area contributed by atoms with Crippen LogP contribution >= 0.6 is 0 Å². The van der Waals surface area contributed by atoms with E-state index in [1.165, 1.54) is 6.07 Å². The Hall–Kier alpha value is -3.61. The summed E-state index contributed by atoms with van der Waals surface area (Å²) >= 11 is 0. The molecule has 13 heteroatoms. The van der Waals surface area contributed by atoms with Crippen LogP contribution in [-0.4, -0.2) is 57.1 Å². The maximum Gasteiger partial charge on any atom is 0.387 e. The Morgan fingerprint density at radius 1 is 1.09 bits per heavy atom. The van der Waals surface area contributed by atoms with Gasteiger partial charge in [0.15, 0.2) is 21.3 Å². The minimum atomic E-state index is -4.00. The molecule has 188 valence electrons. The molecule has 9 nitrogen and oxygen atoms in total. The summed E-state index contributed by atoms with van der Waals surface area (Å²) in [6, 6.07) is 5.48. The molecule has 35 heavy (non-hydrogen) atoms. The van der Waals surface area contributed by atoms with Gasteiger partial charge in [0.05, 0.1) is 30.7 Å². The zero-order valence-electron chi connectivity index (χ0n) is 18.6. The highest BCUT2D eigenvalue weighted by atomic mass is 32.2. The molecule has 1 unspecified atom stereocenters. The molecule has 0 aromatic heterocycles. The summed E-state index contributed by atoms with van der Waals surface area (Å²) in [6.45, 7) is -2.24. The SMILES string of the molecule is CCOc1cc(C(CN2C(=O)c3c(F)ccc(CC(N)=O)c3C2=O)S(C)(=O)=O)ccc1OC(F)F. The Bertz CT molecular complexity index is 1300. The molecule has 0 spiro atoms. The van der Waals surface area contributed by atoms with E-state index < -0.39 is 63.8 Å². The van der Waals surface area contributed by atoms with Crippen molar-refractivity contribution < 1.29 is 45.4 Å². The number of imide groups is 1. The minimum absolute atomic E-state index is 0.0203. The van der Waals surface area contributed by atoms with Crippen LogP contribution < -0.4 is 15.2 Å². The average Bonchev–Trinajstić information content (AvgIpc) is 2.99. The summed E-state index contributed by atoms with van der Waals surface area (Å²) in [4.78, 5) is 37.9. The minimum Gasteiger partial charge on any atom is -0.490 e. The molecule has 3 amide bonds. The first-order valence-electron chi connectivity index (χ1n) is 10.2. The number of halogens is 3. The number of carbonyl (C=O) groups is 3. The second-order valence-electron chi connectivity index (χ2n) is 7.66. The van der Waals surface area contributed by atoms with Gasteiger partial charge in [-0.15, -0.1) is 0 Å². The van der Waals surface area contributed by atoms with Gasteiger partial charge >= 0.3 is 6.61 Å². The van der Waals surface area contributed by atoms with E-state index in [2.05, 4.69) is 4.74 Å². The number of hydrogen-bond donors (Lipinski definition) is 1. The number of nitrogens with two attached hydrogens (primary N) is 1. The lowest BCUT2D eigenvalue weighted by atomic mass is 9.99. The average molecular weight is 514 g/mol. The molecule has 2 aromatic carbocycles. The summed E-state index contributed by atoms with van der Waals surface area (Å²) < 4.78 is 74.8. The number of amides is 3. The van der Waals surface area contributed by atoms with Crippen LogP contribution in [0, 0.1) is 5.82 Å². The third-order valence-corrected chi connectivity index (χ3v) is 6.70. The summed E-state index contributed by atoms with van der Waals surface area (Å²) in [5.41, 5.74) is 4.27. The Balaban J connectivity index is 2.03. The van der Waals surface area contributed by atoms with Crippen molar-refractivity contribution in [3.05, 3.63) is 58.4 Å². The van der Waals surface area contributed by atoms with E-state index in [4.69, 9.17) is 10.5 Å². The molecule has 3 rings (SSSR count). The highest BCUT2D eigenvalue weighted by Gasteiger charge is 2.42. The number of fused-ring (bicyclic) bond motifs is 1. The molecule has 1 aliphatic heterocycles. The van der Waals surface area contributed by atoms with E-state index >= 15 is 0 Å². The second-order valence-corrected chi connectivity index (χ2v) is 9.88. The summed E-state index contributed by atoms with van der Waals surface area (Å²) in [5.74, 6) is -4.41. The fraction of sp³-hybridized carbons (Fsp3) is 0.318. The van der Waals surface area contributed by atoms with Crippen molar-refractivity contribution in [1.82, 2.24) is 4.90 Å². The highest BCUT2D eigenvalue weighted by Crippen LogP contribution is 2.36. The molecule has 0 aliphatic carbocycles. The largest absolute Gasteiger partial charge is 0.490 e. The number of carbonyl (C=O) groups excluding carboxylic acids is 3. The molecular formula is C22H21F3N2O7S. The van der Waals surface area contributed by atoms with Gasteiger partial charge in [-0.05, 0) is 36.2 Å². The maximum absolute atomic E-state index is 14.5. The maximum atomic E-state index is 14.5. The summed E-state index contributed by atoms with van der Waals surface area (Å²) in [6.07, 6.45) is 0.424. The van der Waals surface area contributed by atoms with Crippen molar-refractivity contribution in [3.8, 4) is 11.5 Å². The molecule has 0 fully saturated rings. The highest BCUT2D eigenvalue weighted by molar-refractivity contribution is 7.91. The van der Waals surface area contributed by atoms with Crippen LogP contribution in [0.1, 0.15) is 44.0 Å². The Labute approximate surface area is 198 Å². The molecule has 2 N–H and O–H groups in total. The molecule has 0 bridgehead atoms. The normalized spacial score (nSPS) is 14.3. The molecule has 1 atom stereocenters. The number of nitrogens with zero attached hydrogens (tertiary/aromatic N) is 1. The summed E-state index contributed by atoms with van der Waals surface area (Å²) in [5, 5.41) is -1.51. The fourth-order valence-corrected chi connectivity index (χ4v) is 4.84. The van der Waals surface area contributed by atoms with Gasteiger partial charge in [0.25, 0.3) is 11.8 Å². The van der Waals surface area contributed by atoms with Crippen molar-refractivity contribution in [1.29, 1.82) is 0 Å². The van der Waals surface area contributed by atoms with Crippen molar-refractivity contribution in [2.75, 3.05) is 19.4 Å². The topological polar surface area (TPSA) is 133 Å². The first-order valence-corrected chi connectivity index (χ1v) is 12.2. The van der Waals surface area contributed by atoms with Crippen LogP contribution in [0.2, 0.25) is 0 Å². The number of ether oxygens (including phenoxy) is 2. The van der Waals surface area contributed by atoms with Gasteiger partial charge in [-0.25, -0.2) is 12.8 Å². The van der Waals surface area contributed by atoms with E-state index in [-0.39, 0.29) is 34.8 Å². The van der Waals surface area contributed by atoms with Crippen molar-refractivity contribution in [2.24, 2.45) is 5.73 Å². The van der Waals surface area contributed by atoms with Gasteiger partial charge in [0.2, 0.25) is 5.91 Å². The number of alkyl halides is 2. The van der Waals surface area contributed by atoms with E-state index in [1.807, 2.05) is 0 Å². The van der Waals surface area contributed by atoms with Crippen LogP contribution in [0.25, 0.3) is 0 Å². The molecular weight excluding hydrogens is 493 g/mol. The number of benzene rings is 2. The molecule has 0 saturated heterocycles. The second kappa shape index (κ2) is 9.94. The van der Waals surface area contributed by atoms with Crippen LogP contribution in [0.5, 0.6) is 11.5 Å². The number of rotatable bonds is 10. The predicted molar refractivity (Wildman–Crippen MR) is 116 cm³/mol. The van der Waals surface area contributed by atoms with Crippen LogP contribution in [0.15, 0.2) is 30.3 Å². The Morgan fingerprint density at radius 3 is 2.31 bits per heavy atom. The lowest BCUT2D eigenvalue weighted by molar-refractivity contribution is -0.117. The third kappa shape index (κ3) is 5.39. The third-order valence-electron chi connectivity index (χ3n) is 5.24. The van der Waals surface area contributed by atoms with E-state index in [0.29, 0.717) is 4.90 Å². The number of primary amides is 1.